The molecule has 0 aliphatic heterocycles. The van der Waals surface area contributed by atoms with Gasteiger partial charge in [-0.25, -0.2) is 15.0 Å². The van der Waals surface area contributed by atoms with Crippen molar-refractivity contribution >= 4 is 43.7 Å². The lowest BCUT2D eigenvalue weighted by Gasteiger charge is -2.09. The molecule has 3 heterocycles. The molecule has 0 unspecified atom stereocenters. The van der Waals surface area contributed by atoms with Crippen molar-refractivity contribution in [2.24, 2.45) is 0 Å². The van der Waals surface area contributed by atoms with E-state index in [9.17, 15) is 0 Å². The molecule has 10 aromatic rings. The molecule has 7 aromatic carbocycles. The van der Waals surface area contributed by atoms with Crippen LogP contribution in [0.5, 0.6) is 0 Å². The van der Waals surface area contributed by atoms with Gasteiger partial charge in [-0.3, -0.25) is 0 Å². The second-order valence-electron chi connectivity index (χ2n) is 12.5. The Balaban J connectivity index is 1.12. The van der Waals surface area contributed by atoms with Gasteiger partial charge in [-0.15, -0.1) is 0 Å². The van der Waals surface area contributed by atoms with Crippen molar-refractivity contribution < 1.29 is 4.42 Å². The monoisotopic (exact) mass is 640 g/mol. The standard InChI is InChI=1S/C45H28N4O/c1-4-12-29(13-5-1)30-20-22-32(23-21-30)44-46-43(31-14-6-2-7-15-31)47-45(48-44)33-24-25-36-38-27-37-35-18-10-11-19-39(35)49(34-16-8-3-9-17-34)40(37)28-42(38)50-41(36)26-33/h1-28H. The van der Waals surface area contributed by atoms with Crippen LogP contribution >= 0.6 is 0 Å². The highest BCUT2D eigenvalue weighted by Crippen LogP contribution is 2.39. The molecule has 50 heavy (non-hydrogen) atoms. The summed E-state index contributed by atoms with van der Waals surface area (Å²) in [6.45, 7) is 0. The Bertz CT molecular complexity index is 2840. The molecule has 5 heteroatoms. The summed E-state index contributed by atoms with van der Waals surface area (Å²) < 4.78 is 8.92. The molecular formula is C45H28N4O. The number of benzene rings is 7. The Morgan fingerprint density at radius 1 is 0.340 bits per heavy atom. The molecule has 0 atom stereocenters. The predicted molar refractivity (Wildman–Crippen MR) is 203 cm³/mol. The van der Waals surface area contributed by atoms with Gasteiger partial charge in [0.15, 0.2) is 17.5 Å². The van der Waals surface area contributed by atoms with Crippen molar-refractivity contribution in [3.63, 3.8) is 0 Å². The Labute approximate surface area is 287 Å². The van der Waals surface area contributed by atoms with E-state index in [1.165, 1.54) is 21.9 Å². The number of hydrogen-bond donors (Lipinski definition) is 0. The third kappa shape index (κ3) is 4.67. The fraction of sp³-hybridized carbons (Fsp3) is 0. The molecule has 0 aliphatic rings. The second-order valence-corrected chi connectivity index (χ2v) is 12.5. The molecular weight excluding hydrogens is 613 g/mol. The average Bonchev–Trinajstić information content (AvgIpc) is 3.72. The van der Waals surface area contributed by atoms with Gasteiger partial charge in [-0.1, -0.05) is 127 Å². The zero-order chi connectivity index (χ0) is 33.0. The summed E-state index contributed by atoms with van der Waals surface area (Å²) in [4.78, 5) is 14.9. The summed E-state index contributed by atoms with van der Waals surface area (Å²) in [5.41, 5.74) is 10.0. The average molecular weight is 641 g/mol. The van der Waals surface area contributed by atoms with E-state index in [1.54, 1.807) is 0 Å². The smallest absolute Gasteiger partial charge is 0.164 e. The van der Waals surface area contributed by atoms with Gasteiger partial charge in [0.2, 0.25) is 0 Å². The highest BCUT2D eigenvalue weighted by molar-refractivity contribution is 6.17. The molecule has 234 valence electrons. The number of furan rings is 1. The van der Waals surface area contributed by atoms with Crippen LogP contribution in [0.2, 0.25) is 0 Å². The van der Waals surface area contributed by atoms with Crippen molar-refractivity contribution in [2.75, 3.05) is 0 Å². The van der Waals surface area contributed by atoms with Gasteiger partial charge in [0.25, 0.3) is 0 Å². The van der Waals surface area contributed by atoms with E-state index >= 15 is 0 Å². The lowest BCUT2D eigenvalue weighted by atomic mass is 10.0. The number of rotatable bonds is 5. The summed E-state index contributed by atoms with van der Waals surface area (Å²) in [6, 6.07) is 58.6. The van der Waals surface area contributed by atoms with E-state index in [-0.39, 0.29) is 0 Å². The van der Waals surface area contributed by atoms with Crippen LogP contribution in [0, 0.1) is 0 Å². The van der Waals surface area contributed by atoms with Gasteiger partial charge in [-0.05, 0) is 47.5 Å². The SMILES string of the molecule is c1ccc(-c2ccc(-c3nc(-c4ccccc4)nc(-c4ccc5c(c4)oc4cc6c(cc45)c4ccccc4n6-c4ccccc4)n3)cc2)cc1. The molecule has 5 nitrogen and oxygen atoms in total. The molecule has 10 rings (SSSR count). The molecule has 0 saturated heterocycles. The van der Waals surface area contributed by atoms with Gasteiger partial charge in [0.1, 0.15) is 11.2 Å². The summed E-state index contributed by atoms with van der Waals surface area (Å²) in [5.74, 6) is 1.84. The molecule has 0 aliphatic carbocycles. The zero-order valence-electron chi connectivity index (χ0n) is 26.9. The van der Waals surface area contributed by atoms with Crippen LogP contribution in [-0.2, 0) is 0 Å². The van der Waals surface area contributed by atoms with E-state index in [2.05, 4.69) is 132 Å². The van der Waals surface area contributed by atoms with Crippen LogP contribution in [0.3, 0.4) is 0 Å². The van der Waals surface area contributed by atoms with Crippen LogP contribution in [-0.4, -0.2) is 19.5 Å². The molecule has 0 radical (unpaired) electrons. The largest absolute Gasteiger partial charge is 0.456 e. The van der Waals surface area contributed by atoms with Gasteiger partial charge in [-0.2, -0.15) is 0 Å². The molecule has 0 bridgehead atoms. The maximum Gasteiger partial charge on any atom is 0.164 e. The Kier molecular flexibility index (Phi) is 6.42. The minimum Gasteiger partial charge on any atom is -0.456 e. The lowest BCUT2D eigenvalue weighted by molar-refractivity contribution is 0.669. The van der Waals surface area contributed by atoms with Gasteiger partial charge >= 0.3 is 0 Å². The fourth-order valence-electron chi connectivity index (χ4n) is 7.03. The first kappa shape index (κ1) is 28.2. The molecule has 0 saturated carbocycles. The molecule has 0 fully saturated rings. The summed E-state index contributed by atoms with van der Waals surface area (Å²) in [7, 11) is 0. The maximum atomic E-state index is 6.61. The first-order valence-corrected chi connectivity index (χ1v) is 16.7. The van der Waals surface area contributed by atoms with E-state index < -0.39 is 0 Å². The van der Waals surface area contributed by atoms with Gasteiger partial charge < -0.3 is 8.98 Å². The minimum absolute atomic E-state index is 0.593. The van der Waals surface area contributed by atoms with Gasteiger partial charge in [0.05, 0.1) is 11.0 Å². The van der Waals surface area contributed by atoms with E-state index in [0.717, 1.165) is 55.4 Å². The number of fused-ring (bicyclic) bond motifs is 6. The van der Waals surface area contributed by atoms with Crippen molar-refractivity contribution in [1.29, 1.82) is 0 Å². The van der Waals surface area contributed by atoms with E-state index in [1.807, 2.05) is 42.5 Å². The second kappa shape index (κ2) is 11.4. The number of hydrogen-bond acceptors (Lipinski definition) is 4. The van der Waals surface area contributed by atoms with Crippen LogP contribution in [0.4, 0.5) is 0 Å². The number of aromatic nitrogens is 4. The summed E-state index contributed by atoms with van der Waals surface area (Å²) >= 11 is 0. The fourth-order valence-corrected chi connectivity index (χ4v) is 7.03. The maximum absolute atomic E-state index is 6.61. The highest BCUT2D eigenvalue weighted by Gasteiger charge is 2.18. The van der Waals surface area contributed by atoms with Crippen LogP contribution in [0.25, 0.3) is 94.7 Å². The normalized spacial score (nSPS) is 11.6. The number of nitrogens with zero attached hydrogens (tertiary/aromatic N) is 4. The molecule has 3 aromatic heterocycles. The quantitative estimate of drug-likeness (QED) is 0.188. The minimum atomic E-state index is 0.593. The first-order chi connectivity index (χ1) is 24.8. The van der Waals surface area contributed by atoms with E-state index in [4.69, 9.17) is 19.4 Å². The number of para-hydroxylation sites is 2. The predicted octanol–water partition coefficient (Wildman–Crippen LogP) is 11.5. The highest BCUT2D eigenvalue weighted by atomic mass is 16.3. The van der Waals surface area contributed by atoms with Crippen molar-refractivity contribution in [1.82, 2.24) is 19.5 Å². The zero-order valence-corrected chi connectivity index (χ0v) is 26.9. The van der Waals surface area contributed by atoms with Crippen LogP contribution in [0.15, 0.2) is 174 Å². The summed E-state index contributed by atoms with van der Waals surface area (Å²) in [5, 5.41) is 4.53. The van der Waals surface area contributed by atoms with Crippen molar-refractivity contribution in [3.05, 3.63) is 170 Å². The van der Waals surface area contributed by atoms with Crippen molar-refractivity contribution in [3.8, 4) is 51.0 Å². The van der Waals surface area contributed by atoms with Gasteiger partial charge in [0, 0.05) is 50.0 Å². The van der Waals surface area contributed by atoms with E-state index in [0.29, 0.717) is 17.5 Å². The van der Waals surface area contributed by atoms with Crippen LogP contribution < -0.4 is 0 Å². The third-order valence-corrected chi connectivity index (χ3v) is 9.46. The molecule has 0 N–H and O–H groups in total. The molecule has 0 amide bonds. The molecule has 0 spiro atoms. The topological polar surface area (TPSA) is 56.7 Å². The third-order valence-electron chi connectivity index (χ3n) is 9.46. The summed E-state index contributed by atoms with van der Waals surface area (Å²) in [6.07, 6.45) is 0. The van der Waals surface area contributed by atoms with Crippen LogP contribution in [0.1, 0.15) is 0 Å². The first-order valence-electron chi connectivity index (χ1n) is 16.7. The Hall–Kier alpha value is -6.85. The lowest BCUT2D eigenvalue weighted by Crippen LogP contribution is -2.00. The Morgan fingerprint density at radius 3 is 1.58 bits per heavy atom. The van der Waals surface area contributed by atoms with Crippen molar-refractivity contribution in [2.45, 2.75) is 0 Å². The Morgan fingerprint density at radius 2 is 0.860 bits per heavy atom.